The molecule has 0 spiro atoms. The maximum absolute atomic E-state index is 11.9. The van der Waals surface area contributed by atoms with Gasteiger partial charge in [-0.1, -0.05) is 24.3 Å². The summed E-state index contributed by atoms with van der Waals surface area (Å²) in [6.07, 6.45) is 0. The van der Waals surface area contributed by atoms with Crippen molar-refractivity contribution in [3.05, 3.63) is 59.7 Å². The van der Waals surface area contributed by atoms with Gasteiger partial charge in [0.15, 0.2) is 0 Å². The molecule has 6 heteroatoms. The van der Waals surface area contributed by atoms with Crippen LogP contribution in [0.5, 0.6) is 11.5 Å². The molecule has 0 fully saturated rings. The average Bonchev–Trinajstić information content (AvgIpc) is 2.49. The van der Waals surface area contributed by atoms with Crippen LogP contribution in [0.15, 0.2) is 48.5 Å². The van der Waals surface area contributed by atoms with Gasteiger partial charge in [0.25, 0.3) is 5.91 Å². The first-order valence-corrected chi connectivity index (χ1v) is 6.14. The molecule has 1 amide bonds. The number of nitriles is 1. The second kappa shape index (κ2) is 6.41. The summed E-state index contributed by atoms with van der Waals surface area (Å²) in [6, 6.07) is 13.3. The SMILES string of the molecule is N#C[C@H](NNC(=O)c1ccccc1O)c1ccc(O)cc1. The molecule has 0 unspecified atom stereocenters. The summed E-state index contributed by atoms with van der Waals surface area (Å²) in [7, 11) is 0. The highest BCUT2D eigenvalue weighted by molar-refractivity contribution is 5.96. The van der Waals surface area contributed by atoms with Crippen LogP contribution in [0.1, 0.15) is 22.0 Å². The lowest BCUT2D eigenvalue weighted by molar-refractivity contribution is 0.0926. The summed E-state index contributed by atoms with van der Waals surface area (Å²) in [5, 5.41) is 27.9. The van der Waals surface area contributed by atoms with E-state index < -0.39 is 11.9 Å². The van der Waals surface area contributed by atoms with Gasteiger partial charge >= 0.3 is 0 Å². The molecule has 0 aliphatic carbocycles. The highest BCUT2D eigenvalue weighted by Gasteiger charge is 2.14. The van der Waals surface area contributed by atoms with Gasteiger partial charge in [-0.05, 0) is 29.8 Å². The third-order valence-electron chi connectivity index (χ3n) is 2.83. The second-order valence-electron chi connectivity index (χ2n) is 4.27. The van der Waals surface area contributed by atoms with Gasteiger partial charge in [0.1, 0.15) is 17.5 Å². The number of aromatic hydroxyl groups is 2. The number of phenolic OH excluding ortho intramolecular Hbond substituents is 2. The van der Waals surface area contributed by atoms with E-state index in [1.165, 1.54) is 24.3 Å². The minimum atomic E-state index is -0.777. The number of hydrazine groups is 1. The Labute approximate surface area is 121 Å². The lowest BCUT2D eigenvalue weighted by Gasteiger charge is -2.13. The van der Waals surface area contributed by atoms with Crippen LogP contribution in [-0.4, -0.2) is 16.1 Å². The Bertz CT molecular complexity index is 677. The molecular formula is C15H13N3O3. The molecule has 4 N–H and O–H groups in total. The van der Waals surface area contributed by atoms with Crippen molar-refractivity contribution in [1.29, 1.82) is 5.26 Å². The van der Waals surface area contributed by atoms with Gasteiger partial charge < -0.3 is 10.2 Å². The summed E-state index contributed by atoms with van der Waals surface area (Å²) >= 11 is 0. The van der Waals surface area contributed by atoms with Gasteiger partial charge in [-0.2, -0.15) is 5.26 Å². The van der Waals surface area contributed by atoms with E-state index in [1.807, 2.05) is 6.07 Å². The first-order chi connectivity index (χ1) is 10.1. The number of amides is 1. The summed E-state index contributed by atoms with van der Waals surface area (Å²) in [6.45, 7) is 0. The smallest absolute Gasteiger partial charge is 0.269 e. The van der Waals surface area contributed by atoms with Gasteiger partial charge in [-0.25, -0.2) is 5.43 Å². The Morgan fingerprint density at radius 1 is 1.10 bits per heavy atom. The predicted molar refractivity (Wildman–Crippen MR) is 75.2 cm³/mol. The molecule has 0 radical (unpaired) electrons. The van der Waals surface area contributed by atoms with Crippen LogP contribution in [0.25, 0.3) is 0 Å². The molecule has 0 saturated heterocycles. The van der Waals surface area contributed by atoms with E-state index in [2.05, 4.69) is 10.9 Å². The summed E-state index contributed by atoms with van der Waals surface area (Å²) in [5.74, 6) is -0.601. The molecule has 0 saturated carbocycles. The Balaban J connectivity index is 2.04. The number of carbonyl (C=O) groups is 1. The van der Waals surface area contributed by atoms with Crippen LogP contribution in [0, 0.1) is 11.3 Å². The minimum absolute atomic E-state index is 0.0914. The van der Waals surface area contributed by atoms with E-state index in [9.17, 15) is 15.0 Å². The maximum atomic E-state index is 11.9. The second-order valence-corrected chi connectivity index (χ2v) is 4.27. The van der Waals surface area contributed by atoms with Crippen molar-refractivity contribution in [3.63, 3.8) is 0 Å². The number of phenols is 2. The molecule has 2 aromatic carbocycles. The van der Waals surface area contributed by atoms with Gasteiger partial charge in [-0.15, -0.1) is 0 Å². The Morgan fingerprint density at radius 2 is 1.76 bits per heavy atom. The lowest BCUT2D eigenvalue weighted by atomic mass is 10.1. The van der Waals surface area contributed by atoms with E-state index in [0.29, 0.717) is 5.56 Å². The number of carbonyl (C=O) groups excluding carboxylic acids is 1. The zero-order chi connectivity index (χ0) is 15.2. The standard InChI is InChI=1S/C15H13N3O3/c16-9-13(10-5-7-11(19)8-6-10)17-18-15(21)12-3-1-2-4-14(12)20/h1-8,13,17,19-20H,(H,18,21)/t13-/m0/s1. The fourth-order valence-corrected chi connectivity index (χ4v) is 1.73. The molecular weight excluding hydrogens is 270 g/mol. The molecule has 0 aliphatic rings. The van der Waals surface area contributed by atoms with Gasteiger partial charge in [-0.3, -0.25) is 10.2 Å². The van der Waals surface area contributed by atoms with Crippen LogP contribution in [0.2, 0.25) is 0 Å². The molecule has 0 aromatic heterocycles. The molecule has 106 valence electrons. The Kier molecular flexibility index (Phi) is 4.39. The highest BCUT2D eigenvalue weighted by atomic mass is 16.3. The van der Waals surface area contributed by atoms with Gasteiger partial charge in [0, 0.05) is 0 Å². The fraction of sp³-hybridized carbons (Fsp3) is 0.0667. The number of para-hydroxylation sites is 1. The zero-order valence-corrected chi connectivity index (χ0v) is 10.9. The lowest BCUT2D eigenvalue weighted by Crippen LogP contribution is -2.39. The van der Waals surface area contributed by atoms with Crippen molar-refractivity contribution >= 4 is 5.91 Å². The van der Waals surface area contributed by atoms with Gasteiger partial charge in [0.05, 0.1) is 11.6 Å². The molecule has 0 bridgehead atoms. The zero-order valence-electron chi connectivity index (χ0n) is 10.9. The van der Waals surface area contributed by atoms with Crippen molar-refractivity contribution in [2.24, 2.45) is 0 Å². The number of hydrogen-bond donors (Lipinski definition) is 4. The summed E-state index contributed by atoms with van der Waals surface area (Å²) in [5.41, 5.74) is 5.64. The van der Waals surface area contributed by atoms with Crippen LogP contribution >= 0.6 is 0 Å². The minimum Gasteiger partial charge on any atom is -0.508 e. The summed E-state index contributed by atoms with van der Waals surface area (Å²) < 4.78 is 0. The number of nitrogens with one attached hydrogen (secondary N) is 2. The maximum Gasteiger partial charge on any atom is 0.269 e. The average molecular weight is 283 g/mol. The number of hydrogen-bond acceptors (Lipinski definition) is 5. The van der Waals surface area contributed by atoms with Crippen molar-refractivity contribution in [2.45, 2.75) is 6.04 Å². The summed E-state index contributed by atoms with van der Waals surface area (Å²) in [4.78, 5) is 11.9. The molecule has 1 atom stereocenters. The normalized spacial score (nSPS) is 11.4. The van der Waals surface area contributed by atoms with Crippen molar-refractivity contribution in [2.75, 3.05) is 0 Å². The fourth-order valence-electron chi connectivity index (χ4n) is 1.73. The molecule has 6 nitrogen and oxygen atoms in total. The Morgan fingerprint density at radius 3 is 2.38 bits per heavy atom. The highest BCUT2D eigenvalue weighted by Crippen LogP contribution is 2.17. The molecule has 21 heavy (non-hydrogen) atoms. The predicted octanol–water partition coefficient (Wildman–Crippen LogP) is 1.60. The van der Waals surface area contributed by atoms with E-state index in [-0.39, 0.29) is 17.1 Å². The van der Waals surface area contributed by atoms with E-state index in [1.54, 1.807) is 24.3 Å². The van der Waals surface area contributed by atoms with E-state index >= 15 is 0 Å². The topological polar surface area (TPSA) is 105 Å². The molecule has 2 rings (SSSR count). The number of benzene rings is 2. The Hall–Kier alpha value is -3.04. The van der Waals surface area contributed by atoms with Crippen molar-refractivity contribution < 1.29 is 15.0 Å². The van der Waals surface area contributed by atoms with Crippen molar-refractivity contribution in [1.82, 2.24) is 10.9 Å². The molecule has 2 aromatic rings. The van der Waals surface area contributed by atoms with Crippen LogP contribution in [0.4, 0.5) is 0 Å². The monoisotopic (exact) mass is 283 g/mol. The van der Waals surface area contributed by atoms with Crippen molar-refractivity contribution in [3.8, 4) is 17.6 Å². The largest absolute Gasteiger partial charge is 0.508 e. The third kappa shape index (κ3) is 3.49. The third-order valence-corrected chi connectivity index (χ3v) is 2.83. The van der Waals surface area contributed by atoms with Gasteiger partial charge in [0.2, 0.25) is 0 Å². The number of rotatable bonds is 4. The van der Waals surface area contributed by atoms with E-state index in [4.69, 9.17) is 5.26 Å². The van der Waals surface area contributed by atoms with Crippen LogP contribution < -0.4 is 10.9 Å². The number of nitrogens with zero attached hydrogens (tertiary/aromatic N) is 1. The quantitative estimate of drug-likeness (QED) is 0.638. The van der Waals surface area contributed by atoms with Crippen LogP contribution in [0.3, 0.4) is 0 Å². The first-order valence-electron chi connectivity index (χ1n) is 6.14. The van der Waals surface area contributed by atoms with E-state index in [0.717, 1.165) is 0 Å². The first kappa shape index (κ1) is 14.4. The molecule has 0 aliphatic heterocycles. The van der Waals surface area contributed by atoms with Crippen LogP contribution in [-0.2, 0) is 0 Å². The molecule has 0 heterocycles.